The van der Waals surface area contributed by atoms with Gasteiger partial charge in [-0.05, 0) is 47.9 Å². The van der Waals surface area contributed by atoms with E-state index in [0.717, 1.165) is 29.4 Å². The van der Waals surface area contributed by atoms with Crippen molar-refractivity contribution in [2.75, 3.05) is 23.8 Å². The predicted molar refractivity (Wildman–Crippen MR) is 102 cm³/mol. The summed E-state index contributed by atoms with van der Waals surface area (Å²) in [6.07, 6.45) is 6.35. The van der Waals surface area contributed by atoms with Crippen LogP contribution in [0.2, 0.25) is 5.02 Å². The molecule has 0 aliphatic heterocycles. The van der Waals surface area contributed by atoms with Crippen molar-refractivity contribution in [1.82, 2.24) is 15.0 Å². The van der Waals surface area contributed by atoms with Crippen molar-refractivity contribution in [3.8, 4) is 0 Å². The van der Waals surface area contributed by atoms with E-state index in [9.17, 15) is 0 Å². The Kier molecular flexibility index (Phi) is 5.80. The fourth-order valence-corrected chi connectivity index (χ4v) is 2.52. The van der Waals surface area contributed by atoms with Gasteiger partial charge >= 0.3 is 0 Å². The van der Waals surface area contributed by atoms with Crippen molar-refractivity contribution >= 4 is 23.4 Å². The van der Waals surface area contributed by atoms with E-state index in [1.165, 1.54) is 5.56 Å². The second kappa shape index (κ2) is 8.44. The van der Waals surface area contributed by atoms with Crippen molar-refractivity contribution in [3.63, 3.8) is 0 Å². The van der Waals surface area contributed by atoms with Gasteiger partial charge < -0.3 is 10.2 Å². The van der Waals surface area contributed by atoms with Crippen LogP contribution in [0.5, 0.6) is 0 Å². The van der Waals surface area contributed by atoms with Crippen LogP contribution < -0.4 is 10.2 Å². The SMILES string of the molecule is CN(CCc1ccncc1)c1ccnc(NCc2ccc(Cl)cc2)n1. The molecule has 128 valence electrons. The van der Waals surface area contributed by atoms with Crippen molar-refractivity contribution in [2.24, 2.45) is 0 Å². The monoisotopic (exact) mass is 353 g/mol. The molecule has 0 bridgehead atoms. The average Bonchev–Trinajstić information content (AvgIpc) is 2.67. The van der Waals surface area contributed by atoms with Crippen molar-refractivity contribution in [2.45, 2.75) is 13.0 Å². The molecule has 2 aromatic heterocycles. The van der Waals surface area contributed by atoms with Gasteiger partial charge in [0.25, 0.3) is 0 Å². The minimum atomic E-state index is 0.614. The summed E-state index contributed by atoms with van der Waals surface area (Å²) >= 11 is 5.90. The van der Waals surface area contributed by atoms with Crippen LogP contribution in [0.25, 0.3) is 0 Å². The summed E-state index contributed by atoms with van der Waals surface area (Å²) in [5, 5.41) is 3.98. The number of rotatable bonds is 7. The van der Waals surface area contributed by atoms with Gasteiger partial charge in [-0.3, -0.25) is 4.98 Å². The second-order valence-corrected chi connectivity index (χ2v) is 6.18. The minimum absolute atomic E-state index is 0.614. The smallest absolute Gasteiger partial charge is 0.224 e. The highest BCUT2D eigenvalue weighted by atomic mass is 35.5. The molecule has 0 aliphatic rings. The van der Waals surface area contributed by atoms with Crippen LogP contribution >= 0.6 is 11.6 Å². The zero-order chi connectivity index (χ0) is 17.5. The van der Waals surface area contributed by atoms with E-state index in [1.807, 2.05) is 61.9 Å². The Morgan fingerprint density at radius 1 is 0.960 bits per heavy atom. The Labute approximate surface area is 152 Å². The first kappa shape index (κ1) is 17.2. The third-order valence-electron chi connectivity index (χ3n) is 3.88. The lowest BCUT2D eigenvalue weighted by molar-refractivity contribution is 0.853. The van der Waals surface area contributed by atoms with Crippen LogP contribution in [-0.2, 0) is 13.0 Å². The van der Waals surface area contributed by atoms with Gasteiger partial charge in [0.05, 0.1) is 0 Å². The molecule has 0 amide bonds. The Morgan fingerprint density at radius 2 is 1.72 bits per heavy atom. The number of hydrogen-bond acceptors (Lipinski definition) is 5. The lowest BCUT2D eigenvalue weighted by Crippen LogP contribution is -2.22. The molecule has 5 nitrogen and oxygen atoms in total. The van der Waals surface area contributed by atoms with Crippen LogP contribution in [0.15, 0.2) is 61.1 Å². The number of pyridine rings is 1. The van der Waals surface area contributed by atoms with Crippen LogP contribution in [-0.4, -0.2) is 28.5 Å². The first-order valence-corrected chi connectivity index (χ1v) is 8.50. The fourth-order valence-electron chi connectivity index (χ4n) is 2.39. The van der Waals surface area contributed by atoms with Crippen LogP contribution in [0, 0.1) is 0 Å². The Balaban J connectivity index is 1.57. The number of benzene rings is 1. The van der Waals surface area contributed by atoms with E-state index < -0.39 is 0 Å². The lowest BCUT2D eigenvalue weighted by Gasteiger charge is -2.18. The number of nitrogens with zero attached hydrogens (tertiary/aromatic N) is 4. The first-order chi connectivity index (χ1) is 12.2. The molecular weight excluding hydrogens is 334 g/mol. The predicted octanol–water partition coefficient (Wildman–Crippen LogP) is 3.82. The summed E-state index contributed by atoms with van der Waals surface area (Å²) in [5.41, 5.74) is 2.39. The summed E-state index contributed by atoms with van der Waals surface area (Å²) < 4.78 is 0. The topological polar surface area (TPSA) is 53.9 Å². The quantitative estimate of drug-likeness (QED) is 0.699. The average molecular weight is 354 g/mol. The second-order valence-electron chi connectivity index (χ2n) is 5.75. The minimum Gasteiger partial charge on any atom is -0.359 e. The number of hydrogen-bond donors (Lipinski definition) is 1. The molecule has 1 N–H and O–H groups in total. The summed E-state index contributed by atoms with van der Waals surface area (Å²) in [6.45, 7) is 1.53. The van der Waals surface area contributed by atoms with E-state index in [0.29, 0.717) is 12.5 Å². The van der Waals surface area contributed by atoms with Gasteiger partial charge in [0.2, 0.25) is 5.95 Å². The van der Waals surface area contributed by atoms with Gasteiger partial charge in [-0.25, -0.2) is 4.98 Å². The maximum atomic E-state index is 5.90. The Morgan fingerprint density at radius 3 is 2.48 bits per heavy atom. The Bertz CT molecular complexity index is 792. The van der Waals surface area contributed by atoms with Crippen molar-refractivity contribution in [3.05, 3.63) is 77.2 Å². The molecular formula is C19H20ClN5. The zero-order valence-electron chi connectivity index (χ0n) is 14.1. The van der Waals surface area contributed by atoms with Crippen LogP contribution in [0.4, 0.5) is 11.8 Å². The fraction of sp³-hybridized carbons (Fsp3) is 0.211. The lowest BCUT2D eigenvalue weighted by atomic mass is 10.2. The molecule has 6 heteroatoms. The molecule has 2 heterocycles. The van der Waals surface area contributed by atoms with E-state index >= 15 is 0 Å². The van der Waals surface area contributed by atoms with Gasteiger partial charge in [0.1, 0.15) is 5.82 Å². The van der Waals surface area contributed by atoms with Crippen molar-refractivity contribution < 1.29 is 0 Å². The third kappa shape index (κ3) is 5.16. The molecule has 25 heavy (non-hydrogen) atoms. The third-order valence-corrected chi connectivity index (χ3v) is 4.13. The van der Waals surface area contributed by atoms with Gasteiger partial charge in [0, 0.05) is 43.8 Å². The van der Waals surface area contributed by atoms with Crippen LogP contribution in [0.1, 0.15) is 11.1 Å². The molecule has 0 saturated heterocycles. The highest BCUT2D eigenvalue weighted by molar-refractivity contribution is 6.30. The standard InChI is InChI=1S/C19H20ClN5/c1-25(13-9-15-6-10-21-11-7-15)18-8-12-22-19(24-18)23-14-16-2-4-17(20)5-3-16/h2-8,10-12H,9,13-14H2,1H3,(H,22,23,24). The van der Waals surface area contributed by atoms with Gasteiger partial charge in [0.15, 0.2) is 0 Å². The molecule has 0 unspecified atom stereocenters. The van der Waals surface area contributed by atoms with E-state index in [2.05, 4.69) is 25.2 Å². The highest BCUT2D eigenvalue weighted by Crippen LogP contribution is 2.13. The van der Waals surface area contributed by atoms with E-state index in [1.54, 1.807) is 6.20 Å². The maximum absolute atomic E-state index is 5.90. The molecule has 0 radical (unpaired) electrons. The number of aromatic nitrogens is 3. The molecule has 3 aromatic rings. The molecule has 0 saturated carbocycles. The molecule has 3 rings (SSSR count). The summed E-state index contributed by atoms with van der Waals surface area (Å²) in [5.74, 6) is 1.51. The first-order valence-electron chi connectivity index (χ1n) is 8.12. The molecule has 0 atom stereocenters. The van der Waals surface area contributed by atoms with E-state index in [4.69, 9.17) is 11.6 Å². The van der Waals surface area contributed by atoms with Gasteiger partial charge in [-0.15, -0.1) is 0 Å². The van der Waals surface area contributed by atoms with Crippen LogP contribution in [0.3, 0.4) is 0 Å². The summed E-state index contributed by atoms with van der Waals surface area (Å²) in [4.78, 5) is 15.0. The van der Waals surface area contributed by atoms with Gasteiger partial charge in [-0.1, -0.05) is 23.7 Å². The Hall–Kier alpha value is -2.66. The van der Waals surface area contributed by atoms with E-state index in [-0.39, 0.29) is 0 Å². The number of nitrogens with one attached hydrogen (secondary N) is 1. The summed E-state index contributed by atoms with van der Waals surface area (Å²) in [6, 6.07) is 13.7. The highest BCUT2D eigenvalue weighted by Gasteiger charge is 2.05. The number of halogens is 1. The largest absolute Gasteiger partial charge is 0.359 e. The van der Waals surface area contributed by atoms with Crippen molar-refractivity contribution in [1.29, 1.82) is 0 Å². The number of anilines is 2. The van der Waals surface area contributed by atoms with Gasteiger partial charge in [-0.2, -0.15) is 4.98 Å². The normalized spacial score (nSPS) is 10.5. The number of likely N-dealkylation sites (N-methyl/N-ethyl adjacent to an activating group) is 1. The summed E-state index contributed by atoms with van der Waals surface area (Å²) in [7, 11) is 2.03. The molecule has 1 aromatic carbocycles. The maximum Gasteiger partial charge on any atom is 0.224 e. The molecule has 0 fully saturated rings. The zero-order valence-corrected chi connectivity index (χ0v) is 14.8. The molecule has 0 aliphatic carbocycles. The molecule has 0 spiro atoms.